The summed E-state index contributed by atoms with van der Waals surface area (Å²) in [4.78, 5) is 4.76. The average molecular weight is 264 g/mol. The maximum Gasteiger partial charge on any atom is 0.131 e. The van der Waals surface area contributed by atoms with E-state index in [-0.39, 0.29) is 5.82 Å². The summed E-state index contributed by atoms with van der Waals surface area (Å²) in [6.45, 7) is 5.74. The normalized spacial score (nSPS) is 25.4. The van der Waals surface area contributed by atoms with Crippen molar-refractivity contribution >= 4 is 5.69 Å². The highest BCUT2D eigenvalue weighted by atomic mass is 19.1. The number of piperazine rings is 1. The first kappa shape index (κ1) is 12.9. The van der Waals surface area contributed by atoms with Gasteiger partial charge in [0.25, 0.3) is 0 Å². The van der Waals surface area contributed by atoms with Crippen LogP contribution in [0.25, 0.3) is 0 Å². The molecule has 0 saturated carbocycles. The van der Waals surface area contributed by atoms with Gasteiger partial charge in [-0.15, -0.1) is 0 Å². The zero-order chi connectivity index (χ0) is 13.4. The number of hydrogen-bond donors (Lipinski definition) is 1. The Labute approximate surface area is 113 Å². The fourth-order valence-corrected chi connectivity index (χ4v) is 3.42. The first-order valence-corrected chi connectivity index (χ1v) is 7.12. The van der Waals surface area contributed by atoms with E-state index in [9.17, 15) is 9.50 Å². The van der Waals surface area contributed by atoms with Gasteiger partial charge in [0.05, 0.1) is 6.10 Å². The molecule has 4 heteroatoms. The molecule has 3 rings (SSSR count). The first-order valence-electron chi connectivity index (χ1n) is 7.12. The second-order valence-corrected chi connectivity index (χ2v) is 5.63. The number of hydrogen-bond acceptors (Lipinski definition) is 3. The van der Waals surface area contributed by atoms with Gasteiger partial charge in [-0.1, -0.05) is 6.07 Å². The minimum absolute atomic E-state index is 0.304. The Morgan fingerprint density at radius 1 is 1.32 bits per heavy atom. The molecule has 2 saturated heterocycles. The van der Waals surface area contributed by atoms with E-state index in [1.165, 1.54) is 25.5 Å². The second kappa shape index (κ2) is 5.10. The number of rotatable bonds is 2. The summed E-state index contributed by atoms with van der Waals surface area (Å²) in [5, 5.41) is 9.83. The molecule has 2 fully saturated rings. The van der Waals surface area contributed by atoms with Gasteiger partial charge in [-0.2, -0.15) is 0 Å². The second-order valence-electron chi connectivity index (χ2n) is 5.63. The third-order valence-electron chi connectivity index (χ3n) is 4.38. The van der Waals surface area contributed by atoms with Crippen LogP contribution >= 0.6 is 0 Å². The van der Waals surface area contributed by atoms with Gasteiger partial charge in [-0.05, 0) is 38.4 Å². The van der Waals surface area contributed by atoms with Crippen LogP contribution in [0.4, 0.5) is 10.1 Å². The van der Waals surface area contributed by atoms with Gasteiger partial charge >= 0.3 is 0 Å². The average Bonchev–Trinajstić information content (AvgIpc) is 2.85. The molecule has 2 atom stereocenters. The highest BCUT2D eigenvalue weighted by Gasteiger charge is 2.31. The molecule has 2 unspecified atom stereocenters. The molecular weight excluding hydrogens is 243 g/mol. The van der Waals surface area contributed by atoms with Gasteiger partial charge < -0.3 is 10.0 Å². The van der Waals surface area contributed by atoms with Crippen molar-refractivity contribution in [3.63, 3.8) is 0 Å². The van der Waals surface area contributed by atoms with E-state index >= 15 is 0 Å². The monoisotopic (exact) mass is 264 g/mol. The summed E-state index contributed by atoms with van der Waals surface area (Å²) in [6, 6.07) is 5.68. The van der Waals surface area contributed by atoms with E-state index in [2.05, 4.69) is 9.80 Å². The van der Waals surface area contributed by atoms with Crippen LogP contribution in [0.3, 0.4) is 0 Å². The van der Waals surface area contributed by atoms with E-state index in [0.29, 0.717) is 11.6 Å². The van der Waals surface area contributed by atoms with Crippen LogP contribution in [0.2, 0.25) is 0 Å². The van der Waals surface area contributed by atoms with Crippen LogP contribution in [0.5, 0.6) is 0 Å². The van der Waals surface area contributed by atoms with E-state index in [1.54, 1.807) is 13.0 Å². The van der Waals surface area contributed by atoms with Gasteiger partial charge in [-0.25, -0.2) is 4.39 Å². The van der Waals surface area contributed by atoms with Crippen LogP contribution in [0.1, 0.15) is 31.4 Å². The standard InChI is InChI=1S/C15H21FN2O/c1-11(19)15-13(16)5-2-6-14(15)18-9-8-17-7-3-4-12(17)10-18/h2,5-6,11-12,19H,3-4,7-10H2,1H3. The summed E-state index contributed by atoms with van der Waals surface area (Å²) < 4.78 is 13.9. The molecule has 3 nitrogen and oxygen atoms in total. The summed E-state index contributed by atoms with van der Waals surface area (Å²) in [5.41, 5.74) is 1.30. The van der Waals surface area contributed by atoms with E-state index in [1.807, 2.05) is 6.07 Å². The van der Waals surface area contributed by atoms with Gasteiger partial charge in [0.1, 0.15) is 5.82 Å². The lowest BCUT2D eigenvalue weighted by atomic mass is 10.0. The molecule has 0 aliphatic carbocycles. The van der Waals surface area contributed by atoms with Crippen LogP contribution < -0.4 is 4.90 Å². The molecule has 2 aliphatic heterocycles. The highest BCUT2D eigenvalue weighted by molar-refractivity contribution is 5.55. The van der Waals surface area contributed by atoms with E-state index in [4.69, 9.17) is 0 Å². The molecule has 2 aliphatic rings. The Morgan fingerprint density at radius 3 is 2.95 bits per heavy atom. The van der Waals surface area contributed by atoms with E-state index < -0.39 is 6.10 Å². The van der Waals surface area contributed by atoms with Crippen LogP contribution in [0.15, 0.2) is 18.2 Å². The van der Waals surface area contributed by atoms with Gasteiger partial charge in [-0.3, -0.25) is 4.90 Å². The first-order chi connectivity index (χ1) is 9.16. The van der Waals surface area contributed by atoms with Crippen LogP contribution in [0, 0.1) is 5.82 Å². The van der Waals surface area contributed by atoms with E-state index in [0.717, 1.165) is 25.3 Å². The molecule has 0 spiro atoms. The number of aliphatic hydroxyl groups is 1. The Morgan fingerprint density at radius 2 is 2.16 bits per heavy atom. The van der Waals surface area contributed by atoms with Gasteiger partial charge in [0.2, 0.25) is 0 Å². The minimum atomic E-state index is -0.766. The van der Waals surface area contributed by atoms with Crippen molar-refractivity contribution in [2.45, 2.75) is 31.9 Å². The van der Waals surface area contributed by atoms with Crippen molar-refractivity contribution in [2.75, 3.05) is 31.1 Å². The summed E-state index contributed by atoms with van der Waals surface area (Å²) >= 11 is 0. The molecular formula is C15H21FN2O. The third kappa shape index (κ3) is 2.35. The SMILES string of the molecule is CC(O)c1c(F)cccc1N1CCN2CCCC2C1. The fourth-order valence-electron chi connectivity index (χ4n) is 3.42. The zero-order valence-electron chi connectivity index (χ0n) is 11.3. The maximum absolute atomic E-state index is 13.9. The maximum atomic E-state index is 13.9. The third-order valence-corrected chi connectivity index (χ3v) is 4.38. The number of nitrogens with zero attached hydrogens (tertiary/aromatic N) is 2. The molecule has 0 radical (unpaired) electrons. The molecule has 19 heavy (non-hydrogen) atoms. The zero-order valence-corrected chi connectivity index (χ0v) is 11.3. The van der Waals surface area contributed by atoms with Crippen LogP contribution in [-0.2, 0) is 0 Å². The highest BCUT2D eigenvalue weighted by Crippen LogP contribution is 2.32. The number of benzene rings is 1. The van der Waals surface area contributed by atoms with Crippen molar-refractivity contribution in [2.24, 2.45) is 0 Å². The number of fused-ring (bicyclic) bond motifs is 1. The number of anilines is 1. The van der Waals surface area contributed by atoms with Crippen molar-refractivity contribution in [3.8, 4) is 0 Å². The lowest BCUT2D eigenvalue weighted by molar-refractivity contribution is 0.193. The lowest BCUT2D eigenvalue weighted by Gasteiger charge is -2.39. The molecule has 1 N–H and O–H groups in total. The van der Waals surface area contributed by atoms with Crippen molar-refractivity contribution in [1.29, 1.82) is 0 Å². The number of aliphatic hydroxyl groups excluding tert-OH is 1. The van der Waals surface area contributed by atoms with Gasteiger partial charge in [0.15, 0.2) is 0 Å². The molecule has 0 bridgehead atoms. The Kier molecular flexibility index (Phi) is 3.46. The summed E-state index contributed by atoms with van der Waals surface area (Å²) in [5.74, 6) is -0.304. The summed E-state index contributed by atoms with van der Waals surface area (Å²) in [6.07, 6.45) is 1.73. The lowest BCUT2D eigenvalue weighted by Crippen LogP contribution is -2.50. The van der Waals surface area contributed by atoms with Crippen LogP contribution in [-0.4, -0.2) is 42.2 Å². The van der Waals surface area contributed by atoms with Crippen molar-refractivity contribution < 1.29 is 9.50 Å². The predicted molar refractivity (Wildman–Crippen MR) is 73.8 cm³/mol. The largest absolute Gasteiger partial charge is 0.389 e. The fraction of sp³-hybridized carbons (Fsp3) is 0.600. The molecule has 1 aromatic carbocycles. The molecule has 2 heterocycles. The molecule has 0 aromatic heterocycles. The molecule has 1 aromatic rings. The Balaban J connectivity index is 1.88. The molecule has 104 valence electrons. The molecule has 0 amide bonds. The Bertz CT molecular complexity index is 463. The quantitative estimate of drug-likeness (QED) is 0.887. The smallest absolute Gasteiger partial charge is 0.131 e. The predicted octanol–water partition coefficient (Wildman–Crippen LogP) is 2.16. The number of halogens is 1. The summed E-state index contributed by atoms with van der Waals surface area (Å²) in [7, 11) is 0. The minimum Gasteiger partial charge on any atom is -0.389 e. The Hall–Kier alpha value is -1.13. The van der Waals surface area contributed by atoms with Gasteiger partial charge in [0, 0.05) is 36.9 Å². The topological polar surface area (TPSA) is 26.7 Å². The van der Waals surface area contributed by atoms with Crippen molar-refractivity contribution in [1.82, 2.24) is 4.90 Å². The van der Waals surface area contributed by atoms with Crippen molar-refractivity contribution in [3.05, 3.63) is 29.6 Å².